The number of para-hydroxylation sites is 1. The van der Waals surface area contributed by atoms with Gasteiger partial charge in [-0.3, -0.25) is 14.4 Å². The van der Waals surface area contributed by atoms with Crippen LogP contribution in [0.3, 0.4) is 0 Å². The lowest BCUT2D eigenvalue weighted by atomic mass is 9.70. The van der Waals surface area contributed by atoms with Crippen LogP contribution in [0.2, 0.25) is 0 Å². The third kappa shape index (κ3) is 4.42. The molecule has 0 radical (unpaired) electrons. The minimum Gasteiger partial charge on any atom is -0.396 e. The van der Waals surface area contributed by atoms with Crippen LogP contribution in [0.1, 0.15) is 26.2 Å². The molecule has 1 saturated heterocycles. The second kappa shape index (κ2) is 10.3. The van der Waals surface area contributed by atoms with Gasteiger partial charge < -0.3 is 20.6 Å². The fourth-order valence-electron chi connectivity index (χ4n) is 5.26. The first-order valence-corrected chi connectivity index (χ1v) is 11.8. The van der Waals surface area contributed by atoms with Gasteiger partial charge >= 0.3 is 0 Å². The van der Waals surface area contributed by atoms with E-state index < -0.39 is 23.8 Å². The molecule has 2 aromatic rings. The first-order valence-electron chi connectivity index (χ1n) is 11.8. The fraction of sp³-hybridized carbons (Fsp3) is 0.542. The highest BCUT2D eigenvalue weighted by Crippen LogP contribution is 2.44. The van der Waals surface area contributed by atoms with Gasteiger partial charge in [-0.05, 0) is 37.3 Å². The van der Waals surface area contributed by atoms with Crippen molar-refractivity contribution in [3.05, 3.63) is 36.4 Å². The molecule has 10 nitrogen and oxygen atoms in total. The minimum atomic E-state index is -0.711. The van der Waals surface area contributed by atoms with E-state index in [1.165, 1.54) is 0 Å². The fourth-order valence-corrected chi connectivity index (χ4v) is 5.26. The van der Waals surface area contributed by atoms with Crippen molar-refractivity contribution in [3.8, 4) is 0 Å². The maximum Gasteiger partial charge on any atom is 0.244 e. The first kappa shape index (κ1) is 23.9. The lowest BCUT2D eigenvalue weighted by Crippen LogP contribution is -2.48. The summed E-state index contributed by atoms with van der Waals surface area (Å²) in [6.07, 6.45) is 5.93. The number of hydrogen-bond acceptors (Lipinski definition) is 6. The van der Waals surface area contributed by atoms with E-state index in [1.54, 1.807) is 16.6 Å². The molecule has 3 amide bonds. The van der Waals surface area contributed by atoms with E-state index in [4.69, 9.17) is 5.11 Å². The quantitative estimate of drug-likeness (QED) is 0.367. The van der Waals surface area contributed by atoms with E-state index >= 15 is 0 Å². The third-order valence-electron chi connectivity index (χ3n) is 6.97. The van der Waals surface area contributed by atoms with Gasteiger partial charge in [0.15, 0.2) is 0 Å². The van der Waals surface area contributed by atoms with E-state index in [0.717, 1.165) is 17.5 Å². The van der Waals surface area contributed by atoms with Gasteiger partial charge in [0.1, 0.15) is 18.2 Å². The second-order valence-corrected chi connectivity index (χ2v) is 9.02. The average Bonchev–Trinajstić information content (AvgIpc) is 3.38. The lowest BCUT2D eigenvalue weighted by molar-refractivity contribution is -0.140. The molecule has 1 aliphatic carbocycles. The smallest absolute Gasteiger partial charge is 0.244 e. The highest BCUT2D eigenvalue weighted by Gasteiger charge is 2.56. The Morgan fingerprint density at radius 3 is 2.68 bits per heavy atom. The Kier molecular flexibility index (Phi) is 7.26. The standard InChI is InChI=1S/C24H32N6O4/c1-15-10-11-16-20(19(15)22(32)25-2)24(34)29(12-6-3-7-13-31)21(16)23(33)26-14-30-18-9-5-4-8-17(18)27-28-30/h4-5,8-11,15-16,19-21,31H,3,6-7,12-14H2,1-2H3,(H,25,32)(H,26,33)/t15-,16+,19-,20+,21+/m1/s1. The average molecular weight is 469 g/mol. The van der Waals surface area contributed by atoms with Crippen molar-refractivity contribution in [2.24, 2.45) is 23.7 Å². The molecule has 34 heavy (non-hydrogen) atoms. The summed E-state index contributed by atoms with van der Waals surface area (Å²) in [6, 6.07) is 6.77. The van der Waals surface area contributed by atoms with Gasteiger partial charge in [-0.2, -0.15) is 0 Å². The predicted octanol–water partition coefficient (Wildman–Crippen LogP) is 0.679. The van der Waals surface area contributed by atoms with E-state index in [2.05, 4.69) is 20.9 Å². The number of aromatic nitrogens is 3. The maximum absolute atomic E-state index is 13.6. The van der Waals surface area contributed by atoms with Gasteiger partial charge in [-0.1, -0.05) is 36.4 Å². The summed E-state index contributed by atoms with van der Waals surface area (Å²) < 4.78 is 1.61. The Balaban J connectivity index is 1.57. The number of hydrogen-bond donors (Lipinski definition) is 3. The Morgan fingerprint density at radius 2 is 1.91 bits per heavy atom. The van der Waals surface area contributed by atoms with Gasteiger partial charge in [0.2, 0.25) is 17.7 Å². The molecule has 3 N–H and O–H groups in total. The summed E-state index contributed by atoms with van der Waals surface area (Å²) in [5.74, 6) is -2.23. The maximum atomic E-state index is 13.6. The molecule has 1 fully saturated rings. The normalized spacial score (nSPS) is 26.0. The number of carbonyl (C=O) groups excluding carboxylic acids is 3. The van der Waals surface area contributed by atoms with Gasteiger partial charge in [0, 0.05) is 26.1 Å². The SMILES string of the molecule is CNC(=O)[C@H]1[C@H]2C(=O)N(CCCCCO)[C@H](C(=O)NCn3nnc4ccccc43)[C@H]2C=C[C@H]1C. The molecule has 10 heteroatoms. The van der Waals surface area contributed by atoms with Gasteiger partial charge in [0.25, 0.3) is 0 Å². The van der Waals surface area contributed by atoms with Gasteiger partial charge in [-0.25, -0.2) is 4.68 Å². The lowest BCUT2D eigenvalue weighted by Gasteiger charge is -2.32. The van der Waals surface area contributed by atoms with E-state index in [9.17, 15) is 14.4 Å². The highest BCUT2D eigenvalue weighted by atomic mass is 16.3. The molecule has 0 spiro atoms. The molecule has 0 saturated carbocycles. The number of fused-ring (bicyclic) bond motifs is 2. The molecule has 1 aromatic carbocycles. The van der Waals surface area contributed by atoms with Crippen molar-refractivity contribution in [1.29, 1.82) is 0 Å². The van der Waals surface area contributed by atoms with Crippen LogP contribution in [0.5, 0.6) is 0 Å². The van der Waals surface area contributed by atoms with Crippen LogP contribution in [0.15, 0.2) is 36.4 Å². The number of rotatable bonds is 9. The molecular formula is C24H32N6O4. The highest BCUT2D eigenvalue weighted by molar-refractivity contribution is 5.96. The van der Waals surface area contributed by atoms with Crippen LogP contribution in [-0.2, 0) is 21.1 Å². The number of unbranched alkanes of at least 4 members (excludes halogenated alkanes) is 2. The van der Waals surface area contributed by atoms with Crippen LogP contribution in [0, 0.1) is 23.7 Å². The molecule has 0 bridgehead atoms. The van der Waals surface area contributed by atoms with Crippen molar-refractivity contribution in [1.82, 2.24) is 30.5 Å². The van der Waals surface area contributed by atoms with Crippen molar-refractivity contribution in [2.45, 2.75) is 38.9 Å². The number of amides is 3. The van der Waals surface area contributed by atoms with Crippen molar-refractivity contribution < 1.29 is 19.5 Å². The zero-order valence-electron chi connectivity index (χ0n) is 19.6. The molecule has 0 unspecified atom stereocenters. The van der Waals surface area contributed by atoms with Crippen LogP contribution < -0.4 is 10.6 Å². The third-order valence-corrected chi connectivity index (χ3v) is 6.97. The topological polar surface area (TPSA) is 129 Å². The Hall–Kier alpha value is -3.27. The molecule has 2 heterocycles. The Bertz CT molecular complexity index is 1080. The van der Waals surface area contributed by atoms with Crippen LogP contribution in [0.25, 0.3) is 11.0 Å². The first-order chi connectivity index (χ1) is 16.5. The largest absolute Gasteiger partial charge is 0.396 e. The molecule has 182 valence electrons. The minimum absolute atomic E-state index is 0.0912. The summed E-state index contributed by atoms with van der Waals surface area (Å²) in [5.41, 5.74) is 1.53. The number of likely N-dealkylation sites (tertiary alicyclic amines) is 1. The molecule has 2 aliphatic rings. The molecule has 4 rings (SSSR count). The van der Waals surface area contributed by atoms with Crippen LogP contribution in [0.4, 0.5) is 0 Å². The second-order valence-electron chi connectivity index (χ2n) is 9.02. The van der Waals surface area contributed by atoms with Crippen LogP contribution in [-0.4, -0.2) is 69.0 Å². The zero-order valence-corrected chi connectivity index (χ0v) is 19.6. The predicted molar refractivity (Wildman–Crippen MR) is 125 cm³/mol. The van der Waals surface area contributed by atoms with Crippen molar-refractivity contribution in [2.75, 3.05) is 20.2 Å². The molecule has 5 atom stereocenters. The number of aliphatic hydroxyl groups is 1. The Morgan fingerprint density at radius 1 is 1.12 bits per heavy atom. The van der Waals surface area contributed by atoms with Crippen molar-refractivity contribution >= 4 is 28.8 Å². The molecular weight excluding hydrogens is 436 g/mol. The van der Waals surface area contributed by atoms with Gasteiger partial charge in [-0.15, -0.1) is 5.10 Å². The summed E-state index contributed by atoms with van der Waals surface area (Å²) >= 11 is 0. The molecule has 1 aliphatic heterocycles. The number of nitrogens with zero attached hydrogens (tertiary/aromatic N) is 4. The number of nitrogens with one attached hydrogen (secondary N) is 2. The van der Waals surface area contributed by atoms with Crippen LogP contribution >= 0.6 is 0 Å². The summed E-state index contributed by atoms with van der Waals surface area (Å²) in [6.45, 7) is 2.54. The van der Waals surface area contributed by atoms with Crippen molar-refractivity contribution in [3.63, 3.8) is 0 Å². The number of benzene rings is 1. The number of aliphatic hydroxyl groups excluding tert-OH is 1. The number of carbonyl (C=O) groups is 3. The summed E-state index contributed by atoms with van der Waals surface area (Å²) in [7, 11) is 1.57. The van der Waals surface area contributed by atoms with Gasteiger partial charge in [0.05, 0.1) is 17.4 Å². The molecule has 1 aromatic heterocycles. The summed E-state index contributed by atoms with van der Waals surface area (Å²) in [4.78, 5) is 41.3. The Labute approximate surface area is 198 Å². The number of allylic oxidation sites excluding steroid dienone is 1. The zero-order chi connectivity index (χ0) is 24.2. The monoisotopic (exact) mass is 468 g/mol. The van der Waals surface area contributed by atoms with E-state index in [1.807, 2.05) is 43.3 Å². The van der Waals surface area contributed by atoms with E-state index in [-0.39, 0.29) is 36.9 Å². The summed E-state index contributed by atoms with van der Waals surface area (Å²) in [5, 5.41) is 22.9. The van der Waals surface area contributed by atoms with E-state index in [0.29, 0.717) is 19.4 Å².